The summed E-state index contributed by atoms with van der Waals surface area (Å²) in [7, 11) is 0. The van der Waals surface area contributed by atoms with Crippen LogP contribution in [0, 0.1) is 6.92 Å². The minimum absolute atomic E-state index is 0.0536. The topological polar surface area (TPSA) is 59.1 Å². The highest BCUT2D eigenvalue weighted by molar-refractivity contribution is 8.01. The van der Waals surface area contributed by atoms with Gasteiger partial charge in [0.2, 0.25) is 5.91 Å². The van der Waals surface area contributed by atoms with Gasteiger partial charge in [0.1, 0.15) is 0 Å². The van der Waals surface area contributed by atoms with Crippen LogP contribution in [0.25, 0.3) is 0 Å². The van der Waals surface area contributed by atoms with Crippen molar-refractivity contribution >= 4 is 46.1 Å². The molecule has 0 radical (unpaired) electrons. The number of hydrogen-bond acceptors (Lipinski definition) is 6. The van der Waals surface area contributed by atoms with Crippen LogP contribution < -0.4 is 5.32 Å². The number of aryl methyl sites for hydroxylation is 1. The fourth-order valence-corrected chi connectivity index (χ4v) is 4.69. The molecule has 3 aromatic rings. The van der Waals surface area contributed by atoms with Gasteiger partial charge in [-0.1, -0.05) is 47.7 Å². The number of thiazole rings is 1. The summed E-state index contributed by atoms with van der Waals surface area (Å²) in [6, 6.07) is 11.8. The zero-order valence-electron chi connectivity index (χ0n) is 14.2. The summed E-state index contributed by atoms with van der Waals surface area (Å²) < 4.78 is 0.816. The molecule has 3 rings (SSSR count). The van der Waals surface area contributed by atoms with E-state index in [1.807, 2.05) is 54.1 Å². The van der Waals surface area contributed by atoms with Gasteiger partial charge in [-0.05, 0) is 23.9 Å². The number of nitrogens with one attached hydrogen (secondary N) is 1. The molecule has 0 fully saturated rings. The Balaban J connectivity index is 1.44. The fraction of sp³-hybridized carbons (Fsp3) is 0.211. The Morgan fingerprint density at radius 3 is 2.69 bits per heavy atom. The van der Waals surface area contributed by atoms with Crippen molar-refractivity contribution < 1.29 is 9.59 Å². The normalized spacial score (nSPS) is 10.7. The summed E-state index contributed by atoms with van der Waals surface area (Å²) in [5.74, 6) is 0.423. The van der Waals surface area contributed by atoms with Crippen molar-refractivity contribution in [1.29, 1.82) is 0 Å². The molecule has 0 bridgehead atoms. The Morgan fingerprint density at radius 2 is 1.96 bits per heavy atom. The second-order valence-electron chi connectivity index (χ2n) is 5.73. The third kappa shape index (κ3) is 5.52. The lowest BCUT2D eigenvalue weighted by atomic mass is 10.1. The van der Waals surface area contributed by atoms with Gasteiger partial charge in [-0.3, -0.25) is 9.59 Å². The molecule has 7 heteroatoms. The Labute approximate surface area is 164 Å². The zero-order chi connectivity index (χ0) is 18.4. The molecule has 4 nitrogen and oxygen atoms in total. The molecule has 2 aromatic heterocycles. The van der Waals surface area contributed by atoms with E-state index in [-0.39, 0.29) is 18.1 Å². The minimum Gasteiger partial charge on any atom is -0.352 e. The van der Waals surface area contributed by atoms with E-state index in [1.54, 1.807) is 0 Å². The van der Waals surface area contributed by atoms with Gasteiger partial charge in [-0.2, -0.15) is 0 Å². The molecule has 0 saturated heterocycles. The number of amides is 1. The van der Waals surface area contributed by atoms with Crippen molar-refractivity contribution in [2.75, 3.05) is 5.75 Å². The second kappa shape index (κ2) is 9.12. The van der Waals surface area contributed by atoms with Gasteiger partial charge in [-0.15, -0.1) is 22.7 Å². The van der Waals surface area contributed by atoms with Crippen LogP contribution in [-0.4, -0.2) is 22.4 Å². The predicted molar refractivity (Wildman–Crippen MR) is 108 cm³/mol. The first-order chi connectivity index (χ1) is 12.6. The van der Waals surface area contributed by atoms with Crippen molar-refractivity contribution in [3.8, 4) is 0 Å². The van der Waals surface area contributed by atoms with Crippen molar-refractivity contribution in [2.24, 2.45) is 0 Å². The number of thioether (sulfide) groups is 1. The summed E-state index contributed by atoms with van der Waals surface area (Å²) >= 11 is 4.34. The van der Waals surface area contributed by atoms with Crippen molar-refractivity contribution in [1.82, 2.24) is 10.3 Å². The van der Waals surface area contributed by atoms with E-state index in [0.29, 0.717) is 12.3 Å². The predicted octanol–water partition coefficient (Wildman–Crippen LogP) is 4.35. The monoisotopic (exact) mass is 402 g/mol. The number of Topliss-reactive ketones (excluding diaryl/α,β-unsaturated/α-hetero) is 1. The molecule has 1 N–H and O–H groups in total. The molecule has 0 unspecified atom stereocenters. The number of rotatable bonds is 8. The van der Waals surface area contributed by atoms with E-state index in [1.165, 1.54) is 40.0 Å². The van der Waals surface area contributed by atoms with Gasteiger partial charge in [0.15, 0.2) is 10.1 Å². The van der Waals surface area contributed by atoms with E-state index < -0.39 is 0 Å². The van der Waals surface area contributed by atoms with E-state index in [9.17, 15) is 9.59 Å². The fourth-order valence-electron chi connectivity index (χ4n) is 2.21. The first-order valence-corrected chi connectivity index (χ1v) is 10.8. The van der Waals surface area contributed by atoms with Crippen LogP contribution >= 0.6 is 34.4 Å². The summed E-state index contributed by atoms with van der Waals surface area (Å²) in [6.45, 7) is 2.55. The number of thiophene rings is 1. The maximum absolute atomic E-state index is 12.1. The zero-order valence-corrected chi connectivity index (χ0v) is 16.7. The summed E-state index contributed by atoms with van der Waals surface area (Å²) in [5.41, 5.74) is 3.01. The highest BCUT2D eigenvalue weighted by atomic mass is 32.2. The molecule has 1 amide bonds. The van der Waals surface area contributed by atoms with Crippen molar-refractivity contribution in [3.63, 3.8) is 0 Å². The molecule has 1 aromatic carbocycles. The van der Waals surface area contributed by atoms with Crippen LogP contribution in [0.15, 0.2) is 51.5 Å². The molecule has 0 saturated carbocycles. The molecule has 2 heterocycles. The summed E-state index contributed by atoms with van der Waals surface area (Å²) in [4.78, 5) is 29.3. The highest BCUT2D eigenvalue weighted by Gasteiger charge is 2.11. The lowest BCUT2D eigenvalue weighted by Gasteiger charge is -2.04. The first kappa shape index (κ1) is 18.8. The van der Waals surface area contributed by atoms with Crippen molar-refractivity contribution in [3.05, 3.63) is 68.9 Å². The molecule has 0 aliphatic heterocycles. The number of aromatic nitrogens is 1. The maximum atomic E-state index is 12.1. The average molecular weight is 403 g/mol. The molecule has 0 atom stereocenters. The number of hydrogen-bond donors (Lipinski definition) is 1. The quantitative estimate of drug-likeness (QED) is 0.450. The van der Waals surface area contributed by atoms with E-state index in [4.69, 9.17) is 0 Å². The standard InChI is InChI=1S/C19H18N2O2S3/c1-13-4-6-14(7-5-13)10-20-18(23)9-15-11-25-19(21-15)26-12-16(22)17-3-2-8-24-17/h2-8,11H,9-10,12H2,1H3,(H,20,23). The van der Waals surface area contributed by atoms with Crippen LogP contribution in [0.1, 0.15) is 26.5 Å². The Hall–Kier alpha value is -1.96. The van der Waals surface area contributed by atoms with Crippen LogP contribution in [0.4, 0.5) is 0 Å². The summed E-state index contributed by atoms with van der Waals surface area (Å²) in [5, 5.41) is 6.69. The Kier molecular flexibility index (Phi) is 6.60. The lowest BCUT2D eigenvalue weighted by Crippen LogP contribution is -2.24. The van der Waals surface area contributed by atoms with E-state index in [2.05, 4.69) is 10.3 Å². The third-order valence-corrected chi connectivity index (χ3v) is 6.59. The average Bonchev–Trinajstić information content (AvgIpc) is 3.31. The molecule has 0 spiro atoms. The number of carbonyl (C=O) groups excluding carboxylic acids is 2. The molecule has 0 aliphatic carbocycles. The van der Waals surface area contributed by atoms with Gasteiger partial charge in [-0.25, -0.2) is 4.98 Å². The maximum Gasteiger partial charge on any atom is 0.226 e. The number of ketones is 1. The summed E-state index contributed by atoms with van der Waals surface area (Å²) in [6.07, 6.45) is 0.252. The number of benzene rings is 1. The van der Waals surface area contributed by atoms with Gasteiger partial charge in [0.05, 0.1) is 22.7 Å². The Morgan fingerprint density at radius 1 is 1.15 bits per heavy atom. The van der Waals surface area contributed by atoms with Gasteiger partial charge < -0.3 is 5.32 Å². The van der Waals surface area contributed by atoms with Crippen LogP contribution in [-0.2, 0) is 17.8 Å². The van der Waals surface area contributed by atoms with Crippen LogP contribution in [0.3, 0.4) is 0 Å². The van der Waals surface area contributed by atoms with Crippen LogP contribution in [0.2, 0.25) is 0 Å². The molecule has 26 heavy (non-hydrogen) atoms. The molecule has 0 aliphatic rings. The Bertz CT molecular complexity index is 871. The number of nitrogens with zero attached hydrogens (tertiary/aromatic N) is 1. The van der Waals surface area contributed by atoms with Crippen molar-refractivity contribution in [2.45, 2.75) is 24.2 Å². The highest BCUT2D eigenvalue weighted by Crippen LogP contribution is 2.24. The molecular formula is C19H18N2O2S3. The minimum atomic E-state index is -0.0536. The first-order valence-electron chi connectivity index (χ1n) is 8.06. The second-order valence-corrected chi connectivity index (χ2v) is 8.76. The molecular weight excluding hydrogens is 384 g/mol. The lowest BCUT2D eigenvalue weighted by molar-refractivity contribution is -0.120. The SMILES string of the molecule is Cc1ccc(CNC(=O)Cc2csc(SCC(=O)c3cccs3)n2)cc1. The van der Waals surface area contributed by atoms with E-state index in [0.717, 1.165) is 20.5 Å². The van der Waals surface area contributed by atoms with E-state index >= 15 is 0 Å². The largest absolute Gasteiger partial charge is 0.352 e. The van der Waals surface area contributed by atoms with Crippen LogP contribution in [0.5, 0.6) is 0 Å². The third-order valence-electron chi connectivity index (χ3n) is 3.61. The van der Waals surface area contributed by atoms with Gasteiger partial charge in [0, 0.05) is 11.9 Å². The smallest absolute Gasteiger partial charge is 0.226 e. The number of carbonyl (C=O) groups is 2. The van der Waals surface area contributed by atoms with Gasteiger partial charge >= 0.3 is 0 Å². The van der Waals surface area contributed by atoms with Gasteiger partial charge in [0.25, 0.3) is 0 Å². The molecule has 134 valence electrons.